The quantitative estimate of drug-likeness (QED) is 0.566. The molecule has 8 nitrogen and oxygen atoms in total. The molecule has 0 aromatic carbocycles. The van der Waals surface area contributed by atoms with Gasteiger partial charge in [-0.15, -0.1) is 0 Å². The van der Waals surface area contributed by atoms with Crippen LogP contribution in [-0.2, 0) is 34.6 Å². The lowest BCUT2D eigenvalue weighted by molar-refractivity contribution is -0.138. The molecule has 1 unspecified atom stereocenters. The van der Waals surface area contributed by atoms with Gasteiger partial charge >= 0.3 is 6.18 Å². The number of likely N-dealkylation sites (tertiary alicyclic amines) is 1. The van der Waals surface area contributed by atoms with Crippen molar-refractivity contribution in [1.29, 1.82) is 0 Å². The number of amides is 1. The van der Waals surface area contributed by atoms with Crippen LogP contribution in [0.5, 0.6) is 0 Å². The van der Waals surface area contributed by atoms with E-state index in [0.717, 1.165) is 56.5 Å². The number of thioether (sulfide) groups is 1. The summed E-state index contributed by atoms with van der Waals surface area (Å²) in [6.07, 6.45) is 0.977. The van der Waals surface area contributed by atoms with E-state index < -0.39 is 17.3 Å². The molecule has 0 saturated carbocycles. The number of fused-ring (bicyclic) bond motifs is 1. The van der Waals surface area contributed by atoms with E-state index in [4.69, 9.17) is 4.74 Å². The SMILES string of the molecule is O=C(CN1CCn2c(cc(C(F)(F)F)cc2=O)C1)NC1CN(C2CCOCC2)C[C@@H]1SCc1cccnc1. The van der Waals surface area contributed by atoms with Crippen LogP contribution < -0.4 is 10.9 Å². The first kappa shape index (κ1) is 27.2. The van der Waals surface area contributed by atoms with Gasteiger partial charge in [0.05, 0.1) is 18.2 Å². The number of halogens is 3. The molecule has 1 N–H and O–H groups in total. The van der Waals surface area contributed by atoms with Crippen molar-refractivity contribution < 1.29 is 22.7 Å². The Bertz CT molecular complexity index is 1170. The fraction of sp³-hybridized carbons (Fsp3) is 0.577. The molecular formula is C26H32F3N5O3S. The van der Waals surface area contributed by atoms with Gasteiger partial charge in [0.15, 0.2) is 0 Å². The van der Waals surface area contributed by atoms with Gasteiger partial charge in [0, 0.05) is 87.1 Å². The van der Waals surface area contributed by atoms with E-state index >= 15 is 0 Å². The number of carbonyl (C=O) groups is 1. The normalized spacial score (nSPS) is 23.3. The van der Waals surface area contributed by atoms with Crippen LogP contribution in [0.2, 0.25) is 0 Å². The fourth-order valence-electron chi connectivity index (χ4n) is 5.49. The Hall–Kier alpha value is -2.41. The summed E-state index contributed by atoms with van der Waals surface area (Å²) in [6.45, 7) is 3.99. The van der Waals surface area contributed by atoms with E-state index in [2.05, 4.69) is 15.2 Å². The number of alkyl halides is 3. The highest BCUT2D eigenvalue weighted by molar-refractivity contribution is 7.99. The van der Waals surface area contributed by atoms with Gasteiger partial charge in [0.2, 0.25) is 5.91 Å². The van der Waals surface area contributed by atoms with Gasteiger partial charge in [-0.05, 0) is 30.5 Å². The lowest BCUT2D eigenvalue weighted by atomic mass is 10.1. The van der Waals surface area contributed by atoms with Gasteiger partial charge in [-0.1, -0.05) is 6.07 Å². The molecule has 5 heterocycles. The molecule has 12 heteroatoms. The molecule has 5 rings (SSSR count). The monoisotopic (exact) mass is 551 g/mol. The van der Waals surface area contributed by atoms with Crippen molar-refractivity contribution in [3.8, 4) is 0 Å². The molecule has 2 saturated heterocycles. The molecule has 2 aromatic rings. The van der Waals surface area contributed by atoms with E-state index in [0.29, 0.717) is 18.7 Å². The zero-order valence-corrected chi connectivity index (χ0v) is 21.8. The van der Waals surface area contributed by atoms with E-state index in [-0.39, 0.29) is 42.5 Å². The first-order valence-corrected chi connectivity index (χ1v) is 14.0. The second-order valence-electron chi connectivity index (χ2n) is 10.1. The molecule has 2 aromatic heterocycles. The third kappa shape index (κ3) is 6.59. The summed E-state index contributed by atoms with van der Waals surface area (Å²) in [4.78, 5) is 33.8. The number of nitrogens with zero attached hydrogens (tertiary/aromatic N) is 4. The predicted octanol–water partition coefficient (Wildman–Crippen LogP) is 2.36. The second-order valence-corrected chi connectivity index (χ2v) is 11.3. The van der Waals surface area contributed by atoms with Crippen LogP contribution in [-0.4, -0.2) is 82.0 Å². The number of hydrogen-bond donors (Lipinski definition) is 1. The van der Waals surface area contributed by atoms with Crippen LogP contribution in [0.4, 0.5) is 13.2 Å². The molecule has 38 heavy (non-hydrogen) atoms. The van der Waals surface area contributed by atoms with Crippen LogP contribution in [0, 0.1) is 0 Å². The topological polar surface area (TPSA) is 79.7 Å². The van der Waals surface area contributed by atoms with Crippen LogP contribution in [0.3, 0.4) is 0 Å². The van der Waals surface area contributed by atoms with Crippen LogP contribution in [0.25, 0.3) is 0 Å². The lowest BCUT2D eigenvalue weighted by Crippen LogP contribution is -2.48. The second kappa shape index (κ2) is 11.8. The Morgan fingerprint density at radius 2 is 2.00 bits per heavy atom. The van der Waals surface area contributed by atoms with Crippen molar-refractivity contribution >= 4 is 17.7 Å². The summed E-state index contributed by atoms with van der Waals surface area (Å²) in [5.41, 5.74) is -0.202. The maximum atomic E-state index is 13.2. The Balaban J connectivity index is 1.22. The summed E-state index contributed by atoms with van der Waals surface area (Å²) in [7, 11) is 0. The lowest BCUT2D eigenvalue weighted by Gasteiger charge is -2.31. The Kier molecular flexibility index (Phi) is 8.41. The molecule has 2 atom stereocenters. The molecule has 2 fully saturated rings. The highest BCUT2D eigenvalue weighted by Crippen LogP contribution is 2.31. The molecule has 1 amide bonds. The Morgan fingerprint density at radius 3 is 2.74 bits per heavy atom. The van der Waals surface area contributed by atoms with Crippen molar-refractivity contribution in [2.75, 3.05) is 39.4 Å². The van der Waals surface area contributed by atoms with Gasteiger partial charge in [-0.2, -0.15) is 24.9 Å². The zero-order valence-electron chi connectivity index (χ0n) is 21.0. The number of aromatic nitrogens is 2. The number of pyridine rings is 2. The molecule has 0 spiro atoms. The number of rotatable bonds is 7. The van der Waals surface area contributed by atoms with E-state index in [1.165, 1.54) is 4.57 Å². The van der Waals surface area contributed by atoms with Gasteiger partial charge in [0.25, 0.3) is 5.56 Å². The standard InChI is InChI=1S/C26H32F3N5O3S/c27-26(28,29)19-10-21-13-32(6-7-34(21)25(36)11-19)16-24(35)31-22-14-33(20-3-8-37-9-4-20)15-23(22)38-17-18-2-1-5-30-12-18/h1-2,5,10-12,20,22-23H,3-4,6-9,13-17H2,(H,31,35)/t22?,23-/m0/s1. The molecule has 0 bridgehead atoms. The molecule has 3 aliphatic rings. The van der Waals surface area contributed by atoms with Crippen molar-refractivity contribution in [3.05, 3.63) is 63.8 Å². The number of ether oxygens (including phenoxy) is 1. The van der Waals surface area contributed by atoms with Crippen LogP contribution >= 0.6 is 11.8 Å². The van der Waals surface area contributed by atoms with Crippen LogP contribution in [0.15, 0.2) is 41.5 Å². The number of hydrogen-bond acceptors (Lipinski definition) is 7. The van der Waals surface area contributed by atoms with E-state index in [1.807, 2.05) is 30.1 Å². The van der Waals surface area contributed by atoms with Crippen molar-refractivity contribution in [2.45, 2.75) is 55.2 Å². The average molecular weight is 552 g/mol. The minimum Gasteiger partial charge on any atom is -0.381 e. The maximum Gasteiger partial charge on any atom is 0.416 e. The average Bonchev–Trinajstić information content (AvgIpc) is 3.30. The largest absolute Gasteiger partial charge is 0.416 e. The summed E-state index contributed by atoms with van der Waals surface area (Å²) >= 11 is 1.81. The minimum absolute atomic E-state index is 0.0384. The molecule has 0 radical (unpaired) electrons. The molecule has 3 aliphatic heterocycles. The number of carbonyl (C=O) groups excluding carboxylic acids is 1. The highest BCUT2D eigenvalue weighted by Gasteiger charge is 2.38. The third-order valence-electron chi connectivity index (χ3n) is 7.47. The van der Waals surface area contributed by atoms with E-state index in [1.54, 1.807) is 11.1 Å². The van der Waals surface area contributed by atoms with Crippen LogP contribution in [0.1, 0.15) is 29.7 Å². The summed E-state index contributed by atoms with van der Waals surface area (Å²) in [6, 6.07) is 6.01. The summed E-state index contributed by atoms with van der Waals surface area (Å²) in [5, 5.41) is 3.42. The predicted molar refractivity (Wildman–Crippen MR) is 138 cm³/mol. The smallest absolute Gasteiger partial charge is 0.381 e. The van der Waals surface area contributed by atoms with Crippen molar-refractivity contribution in [1.82, 2.24) is 24.7 Å². The van der Waals surface area contributed by atoms with Gasteiger partial charge < -0.3 is 14.6 Å². The van der Waals surface area contributed by atoms with Crippen molar-refractivity contribution in [3.63, 3.8) is 0 Å². The Morgan fingerprint density at radius 1 is 1.18 bits per heavy atom. The zero-order chi connectivity index (χ0) is 26.7. The van der Waals surface area contributed by atoms with E-state index in [9.17, 15) is 22.8 Å². The number of nitrogens with one attached hydrogen (secondary N) is 1. The first-order chi connectivity index (χ1) is 18.3. The third-order valence-corrected chi connectivity index (χ3v) is 8.87. The molecule has 206 valence electrons. The fourth-order valence-corrected chi connectivity index (χ4v) is 6.75. The first-order valence-electron chi connectivity index (χ1n) is 12.9. The Labute approximate surface area is 223 Å². The maximum absolute atomic E-state index is 13.2. The van der Waals surface area contributed by atoms with Gasteiger partial charge in [0.1, 0.15) is 0 Å². The molecular weight excluding hydrogens is 519 g/mol. The van der Waals surface area contributed by atoms with Gasteiger partial charge in [-0.3, -0.25) is 24.4 Å². The highest BCUT2D eigenvalue weighted by atomic mass is 32.2. The summed E-state index contributed by atoms with van der Waals surface area (Å²) < 4.78 is 46.5. The molecule has 0 aliphatic carbocycles. The minimum atomic E-state index is -4.59. The van der Waals surface area contributed by atoms with Crippen molar-refractivity contribution in [2.24, 2.45) is 0 Å². The van der Waals surface area contributed by atoms with Gasteiger partial charge in [-0.25, -0.2) is 0 Å². The summed E-state index contributed by atoms with van der Waals surface area (Å²) in [5.74, 6) is 0.643.